The maximum atomic E-state index is 11.2. The van der Waals surface area contributed by atoms with Gasteiger partial charge in [0.2, 0.25) is 0 Å². The van der Waals surface area contributed by atoms with E-state index in [1.165, 1.54) is 24.2 Å². The number of aldehydes is 1. The highest BCUT2D eigenvalue weighted by atomic mass is 16.1. The van der Waals surface area contributed by atoms with Gasteiger partial charge in [0, 0.05) is 11.3 Å². The lowest BCUT2D eigenvalue weighted by molar-refractivity contribution is 0.112. The topological polar surface area (TPSA) is 34.9 Å². The average molecular weight is 240 g/mol. The maximum Gasteiger partial charge on any atom is 0.152 e. The Balaban J connectivity index is 2.15. The van der Waals surface area contributed by atoms with Gasteiger partial charge in [0.15, 0.2) is 6.29 Å². The van der Waals surface area contributed by atoms with Crippen LogP contribution < -0.4 is 0 Å². The quantitative estimate of drug-likeness (QED) is 0.756. The molecule has 3 nitrogen and oxygen atoms in total. The van der Waals surface area contributed by atoms with Gasteiger partial charge >= 0.3 is 0 Å². The Morgan fingerprint density at radius 3 is 2.94 bits per heavy atom. The minimum Gasteiger partial charge on any atom is -0.302 e. The first-order valence-corrected chi connectivity index (χ1v) is 6.41. The monoisotopic (exact) mass is 240 g/mol. The van der Waals surface area contributed by atoms with Crippen molar-refractivity contribution in [3.63, 3.8) is 0 Å². The first kappa shape index (κ1) is 11.2. The number of carbonyl (C=O) groups excluding carboxylic acids is 1. The van der Waals surface area contributed by atoms with Crippen LogP contribution in [0.25, 0.3) is 5.69 Å². The number of benzene rings is 1. The molecule has 1 aliphatic rings. The molecule has 0 amide bonds. The van der Waals surface area contributed by atoms with Crippen LogP contribution in [0.2, 0.25) is 0 Å². The second kappa shape index (κ2) is 4.41. The molecule has 0 atom stereocenters. The van der Waals surface area contributed by atoms with Crippen molar-refractivity contribution in [1.82, 2.24) is 9.55 Å². The summed E-state index contributed by atoms with van der Waals surface area (Å²) in [5, 5.41) is 0. The first-order chi connectivity index (χ1) is 8.79. The Kier molecular flexibility index (Phi) is 2.74. The van der Waals surface area contributed by atoms with Crippen LogP contribution in [0.3, 0.4) is 0 Å². The molecule has 0 aliphatic heterocycles. The molecule has 0 radical (unpaired) electrons. The Morgan fingerprint density at radius 1 is 1.28 bits per heavy atom. The minimum atomic E-state index is 0.737. The summed E-state index contributed by atoms with van der Waals surface area (Å²) >= 11 is 0. The SMILES string of the molecule is Cc1ccc(-n2cnc3c2CCCC3)c(C=O)c1. The Bertz CT molecular complexity index is 599. The standard InChI is InChI=1S/C15H16N2O/c1-11-6-7-14(12(8-11)9-18)17-10-16-13-4-2-3-5-15(13)17/h6-10H,2-5H2,1H3. The van der Waals surface area contributed by atoms with Crippen LogP contribution in [0.1, 0.15) is 40.2 Å². The Labute approximate surface area is 106 Å². The van der Waals surface area contributed by atoms with Crippen LogP contribution in [0.15, 0.2) is 24.5 Å². The van der Waals surface area contributed by atoms with Gasteiger partial charge in [0.25, 0.3) is 0 Å². The van der Waals surface area contributed by atoms with E-state index in [1.807, 2.05) is 31.5 Å². The minimum absolute atomic E-state index is 0.737. The summed E-state index contributed by atoms with van der Waals surface area (Å²) < 4.78 is 2.08. The van der Waals surface area contributed by atoms with Crippen LogP contribution in [-0.4, -0.2) is 15.8 Å². The third-order valence-corrected chi connectivity index (χ3v) is 3.60. The van der Waals surface area contributed by atoms with Gasteiger partial charge in [-0.25, -0.2) is 4.98 Å². The van der Waals surface area contributed by atoms with Crippen molar-refractivity contribution in [3.8, 4) is 5.69 Å². The van der Waals surface area contributed by atoms with Crippen LogP contribution >= 0.6 is 0 Å². The summed E-state index contributed by atoms with van der Waals surface area (Å²) in [6, 6.07) is 5.98. The van der Waals surface area contributed by atoms with Crippen LogP contribution in [0.5, 0.6) is 0 Å². The van der Waals surface area contributed by atoms with Gasteiger partial charge in [-0.05, 0) is 44.7 Å². The molecule has 3 heteroatoms. The highest BCUT2D eigenvalue weighted by molar-refractivity contribution is 5.81. The summed E-state index contributed by atoms with van der Waals surface area (Å²) in [4.78, 5) is 15.7. The molecule has 0 saturated carbocycles. The molecule has 18 heavy (non-hydrogen) atoms. The fourth-order valence-corrected chi connectivity index (χ4v) is 2.66. The fraction of sp³-hybridized carbons (Fsp3) is 0.333. The molecule has 1 aromatic heterocycles. The lowest BCUT2D eigenvalue weighted by atomic mass is 10.0. The highest BCUT2D eigenvalue weighted by Gasteiger charge is 2.17. The Morgan fingerprint density at radius 2 is 2.11 bits per heavy atom. The van der Waals surface area contributed by atoms with Crippen molar-refractivity contribution in [1.29, 1.82) is 0 Å². The number of fused-ring (bicyclic) bond motifs is 1. The van der Waals surface area contributed by atoms with Crippen molar-refractivity contribution in [3.05, 3.63) is 47.0 Å². The number of nitrogens with zero attached hydrogens (tertiary/aromatic N) is 2. The van der Waals surface area contributed by atoms with E-state index in [2.05, 4.69) is 9.55 Å². The van der Waals surface area contributed by atoms with E-state index in [-0.39, 0.29) is 0 Å². The molecule has 0 bridgehead atoms. The predicted molar refractivity (Wildman–Crippen MR) is 70.3 cm³/mol. The molecule has 1 aliphatic carbocycles. The van der Waals surface area contributed by atoms with Crippen molar-refractivity contribution in [2.75, 3.05) is 0 Å². The normalized spacial score (nSPS) is 14.3. The average Bonchev–Trinajstić information content (AvgIpc) is 2.82. The van der Waals surface area contributed by atoms with Crippen LogP contribution in [-0.2, 0) is 12.8 Å². The summed E-state index contributed by atoms with van der Waals surface area (Å²) in [5.74, 6) is 0. The lowest BCUT2D eigenvalue weighted by Gasteiger charge is -2.15. The van der Waals surface area contributed by atoms with E-state index in [1.54, 1.807) is 0 Å². The van der Waals surface area contributed by atoms with Gasteiger partial charge in [-0.15, -0.1) is 0 Å². The van der Waals surface area contributed by atoms with Crippen molar-refractivity contribution in [2.24, 2.45) is 0 Å². The second-order valence-electron chi connectivity index (χ2n) is 4.90. The van der Waals surface area contributed by atoms with E-state index in [4.69, 9.17) is 0 Å². The molecular weight excluding hydrogens is 224 g/mol. The summed E-state index contributed by atoms with van der Waals surface area (Å²) in [6.07, 6.45) is 7.33. The molecule has 0 N–H and O–H groups in total. The number of imidazole rings is 1. The molecule has 0 spiro atoms. The Hall–Kier alpha value is -1.90. The third kappa shape index (κ3) is 1.76. The van der Waals surface area contributed by atoms with Gasteiger partial charge in [0.05, 0.1) is 17.7 Å². The molecule has 92 valence electrons. The largest absolute Gasteiger partial charge is 0.302 e. The second-order valence-corrected chi connectivity index (χ2v) is 4.90. The predicted octanol–water partition coefficient (Wildman–Crippen LogP) is 2.87. The van der Waals surface area contributed by atoms with E-state index >= 15 is 0 Å². The molecule has 0 fully saturated rings. The summed E-state index contributed by atoms with van der Waals surface area (Å²) in [7, 11) is 0. The van der Waals surface area contributed by atoms with Crippen LogP contribution in [0, 0.1) is 6.92 Å². The maximum absolute atomic E-state index is 11.2. The lowest BCUT2D eigenvalue weighted by Crippen LogP contribution is -2.08. The van der Waals surface area contributed by atoms with E-state index < -0.39 is 0 Å². The summed E-state index contributed by atoms with van der Waals surface area (Å²) in [5.41, 5.74) is 5.26. The van der Waals surface area contributed by atoms with Gasteiger partial charge < -0.3 is 4.57 Å². The zero-order chi connectivity index (χ0) is 12.5. The molecule has 0 saturated heterocycles. The zero-order valence-corrected chi connectivity index (χ0v) is 10.5. The van der Waals surface area contributed by atoms with Crippen molar-refractivity contribution >= 4 is 6.29 Å². The fourth-order valence-electron chi connectivity index (χ4n) is 2.66. The molecule has 2 aromatic rings. The van der Waals surface area contributed by atoms with Gasteiger partial charge in [0.1, 0.15) is 0 Å². The number of rotatable bonds is 2. The number of aromatic nitrogens is 2. The van der Waals surface area contributed by atoms with Gasteiger partial charge in [-0.3, -0.25) is 4.79 Å². The third-order valence-electron chi connectivity index (χ3n) is 3.60. The molecule has 3 rings (SSSR count). The molecular formula is C15H16N2O. The van der Waals surface area contributed by atoms with Gasteiger partial charge in [-0.1, -0.05) is 11.6 Å². The zero-order valence-electron chi connectivity index (χ0n) is 10.5. The number of carbonyl (C=O) groups is 1. The summed E-state index contributed by atoms with van der Waals surface area (Å²) in [6.45, 7) is 2.00. The van der Waals surface area contributed by atoms with E-state index in [9.17, 15) is 4.79 Å². The number of aryl methyl sites for hydroxylation is 2. The molecule has 0 unspecified atom stereocenters. The van der Waals surface area contributed by atoms with E-state index in [0.29, 0.717) is 0 Å². The van der Waals surface area contributed by atoms with E-state index in [0.717, 1.165) is 35.9 Å². The molecule has 1 heterocycles. The molecule has 1 aromatic carbocycles. The van der Waals surface area contributed by atoms with Crippen molar-refractivity contribution < 1.29 is 4.79 Å². The number of hydrogen-bond donors (Lipinski definition) is 0. The number of hydrogen-bond acceptors (Lipinski definition) is 2. The first-order valence-electron chi connectivity index (χ1n) is 6.41. The highest BCUT2D eigenvalue weighted by Crippen LogP contribution is 2.24. The van der Waals surface area contributed by atoms with Crippen molar-refractivity contribution in [2.45, 2.75) is 32.6 Å². The van der Waals surface area contributed by atoms with Crippen LogP contribution in [0.4, 0.5) is 0 Å². The smallest absolute Gasteiger partial charge is 0.152 e. The van der Waals surface area contributed by atoms with Gasteiger partial charge in [-0.2, -0.15) is 0 Å².